The van der Waals surface area contributed by atoms with Crippen molar-refractivity contribution in [2.75, 3.05) is 31.1 Å². The lowest BCUT2D eigenvalue weighted by Crippen LogP contribution is -2.48. The number of likely N-dealkylation sites (tertiary alicyclic amines) is 1. The second-order valence-electron chi connectivity index (χ2n) is 11.0. The van der Waals surface area contributed by atoms with Crippen molar-refractivity contribution >= 4 is 29.4 Å². The maximum absolute atomic E-state index is 14.4. The highest BCUT2D eigenvalue weighted by Gasteiger charge is 2.47. The van der Waals surface area contributed by atoms with Crippen LogP contribution in [0.5, 0.6) is 5.75 Å². The number of anilines is 1. The third-order valence-corrected chi connectivity index (χ3v) is 8.71. The topological polar surface area (TPSA) is 66.0 Å². The van der Waals surface area contributed by atoms with Gasteiger partial charge in [0.25, 0.3) is 0 Å². The largest absolute Gasteiger partial charge is 0.417 e. The molecule has 7 nitrogen and oxygen atoms in total. The average molecular weight is 621 g/mol. The molecule has 2 fully saturated rings. The summed E-state index contributed by atoms with van der Waals surface area (Å²) in [7, 11) is 0. The van der Waals surface area contributed by atoms with Crippen molar-refractivity contribution in [3.8, 4) is 5.75 Å². The third kappa shape index (κ3) is 5.84. The first kappa shape index (κ1) is 29.2. The van der Waals surface area contributed by atoms with E-state index < -0.39 is 35.5 Å². The zero-order valence-corrected chi connectivity index (χ0v) is 23.4. The highest BCUT2D eigenvalue weighted by molar-refractivity contribution is 6.30. The number of hydrogen-bond acceptors (Lipinski definition) is 5. The van der Waals surface area contributed by atoms with Gasteiger partial charge in [0, 0.05) is 50.8 Å². The molecule has 3 aliphatic heterocycles. The quantitative estimate of drug-likeness (QED) is 0.324. The van der Waals surface area contributed by atoms with E-state index >= 15 is 0 Å². The molecule has 0 aliphatic carbocycles. The second-order valence-corrected chi connectivity index (χ2v) is 11.4. The van der Waals surface area contributed by atoms with Crippen molar-refractivity contribution in [1.82, 2.24) is 14.8 Å². The zero-order chi connectivity index (χ0) is 30.5. The summed E-state index contributed by atoms with van der Waals surface area (Å²) in [6.45, 7) is 1.47. The number of amides is 2. The normalized spacial score (nSPS) is 20.6. The van der Waals surface area contributed by atoms with Gasteiger partial charge in [0.1, 0.15) is 23.2 Å². The summed E-state index contributed by atoms with van der Waals surface area (Å²) in [5, 5.41) is -0.0473. The van der Waals surface area contributed by atoms with E-state index in [0.29, 0.717) is 43.9 Å². The van der Waals surface area contributed by atoms with Crippen molar-refractivity contribution in [2.24, 2.45) is 5.92 Å². The smallest absolute Gasteiger partial charge is 0.410 e. The van der Waals surface area contributed by atoms with Crippen LogP contribution in [0.3, 0.4) is 0 Å². The Morgan fingerprint density at radius 2 is 1.70 bits per heavy atom. The van der Waals surface area contributed by atoms with Gasteiger partial charge in [-0.1, -0.05) is 11.6 Å². The molecule has 0 radical (unpaired) electrons. The van der Waals surface area contributed by atoms with Crippen molar-refractivity contribution in [3.05, 3.63) is 88.1 Å². The number of pyridine rings is 1. The van der Waals surface area contributed by atoms with Crippen LogP contribution in [0.15, 0.2) is 54.7 Å². The Balaban J connectivity index is 1.16. The summed E-state index contributed by atoms with van der Waals surface area (Å²) >= 11 is 6.11. The van der Waals surface area contributed by atoms with E-state index in [2.05, 4.69) is 4.98 Å². The van der Waals surface area contributed by atoms with Crippen LogP contribution in [0.2, 0.25) is 5.02 Å². The fourth-order valence-corrected chi connectivity index (χ4v) is 6.36. The van der Waals surface area contributed by atoms with Crippen LogP contribution < -0.4 is 9.64 Å². The molecule has 1 aromatic heterocycles. The Morgan fingerprint density at radius 1 is 0.977 bits per heavy atom. The minimum Gasteiger partial charge on any atom is -0.410 e. The number of piperidine rings is 1. The molecule has 4 heterocycles. The molecular weight excluding hydrogens is 595 g/mol. The monoisotopic (exact) mass is 620 g/mol. The van der Waals surface area contributed by atoms with Gasteiger partial charge in [-0.15, -0.1) is 0 Å². The first-order valence-electron chi connectivity index (χ1n) is 13.8. The van der Waals surface area contributed by atoms with Gasteiger partial charge in [-0.05, 0) is 72.5 Å². The standard InChI is InChI=1S/C30H26ClF5N4O3/c31-24-12-22-18(11-25(24)33)14-40(29(42)43-21-4-2-20(32)3-5-21)26-16-39(15-23(22)26)28(41)17-7-9-38(10-8-17)27-6-1-19(13-37-27)30(34,35)36/h1-6,11-13,17,23,26H,7-10,14-16H2/t23?,26-/m1/s1. The van der Waals surface area contributed by atoms with Crippen molar-refractivity contribution < 1.29 is 36.3 Å². The SMILES string of the molecule is O=C(C1CCN(c2ccc(C(F)(F)F)cn2)CC1)N1CC2c3cc(Cl)c(F)cc3CN(C(=O)Oc3ccc(F)cc3)[C@@H]2C1. The van der Waals surface area contributed by atoms with Crippen LogP contribution >= 0.6 is 11.6 Å². The van der Waals surface area contributed by atoms with Gasteiger partial charge in [-0.25, -0.2) is 18.6 Å². The van der Waals surface area contributed by atoms with Gasteiger partial charge < -0.3 is 14.5 Å². The van der Waals surface area contributed by atoms with E-state index in [1.807, 2.05) is 4.90 Å². The maximum atomic E-state index is 14.4. The van der Waals surface area contributed by atoms with Crippen molar-refractivity contribution in [2.45, 2.75) is 37.5 Å². The number of carbonyl (C=O) groups is 2. The highest BCUT2D eigenvalue weighted by Crippen LogP contribution is 2.41. The molecule has 3 aromatic rings. The number of alkyl halides is 3. The van der Waals surface area contributed by atoms with Gasteiger partial charge in [0.15, 0.2) is 0 Å². The summed E-state index contributed by atoms with van der Waals surface area (Å²) in [5.41, 5.74) is 0.504. The Labute approximate surface area is 248 Å². The zero-order valence-electron chi connectivity index (χ0n) is 22.7. The number of fused-ring (bicyclic) bond motifs is 3. The maximum Gasteiger partial charge on any atom is 0.417 e. The van der Waals surface area contributed by atoms with Gasteiger partial charge in [0.2, 0.25) is 5.91 Å². The molecule has 6 rings (SSSR count). The van der Waals surface area contributed by atoms with Crippen LogP contribution in [-0.4, -0.2) is 59.0 Å². The molecule has 43 heavy (non-hydrogen) atoms. The van der Waals surface area contributed by atoms with E-state index in [1.165, 1.54) is 41.3 Å². The molecule has 2 saturated heterocycles. The van der Waals surface area contributed by atoms with Crippen molar-refractivity contribution in [3.63, 3.8) is 0 Å². The Hall–Kier alpha value is -3.93. The molecule has 2 atom stereocenters. The molecule has 0 saturated carbocycles. The van der Waals surface area contributed by atoms with E-state index in [0.717, 1.165) is 17.8 Å². The minimum absolute atomic E-state index is 0.0468. The van der Waals surface area contributed by atoms with Crippen LogP contribution in [0.4, 0.5) is 32.6 Å². The summed E-state index contributed by atoms with van der Waals surface area (Å²) in [5.74, 6) is -1.27. The fraction of sp³-hybridized carbons (Fsp3) is 0.367. The number of ether oxygens (including phenoxy) is 1. The predicted molar refractivity (Wildman–Crippen MR) is 147 cm³/mol. The van der Waals surface area contributed by atoms with E-state index in [-0.39, 0.29) is 41.6 Å². The Bertz CT molecular complexity index is 1530. The van der Waals surface area contributed by atoms with Gasteiger partial charge >= 0.3 is 12.3 Å². The summed E-state index contributed by atoms with van der Waals surface area (Å²) in [6.07, 6.45) is -3.39. The lowest BCUT2D eigenvalue weighted by Gasteiger charge is -2.37. The van der Waals surface area contributed by atoms with Crippen LogP contribution in [-0.2, 0) is 17.5 Å². The van der Waals surface area contributed by atoms with Crippen LogP contribution in [0.25, 0.3) is 0 Å². The molecule has 3 aliphatic rings. The summed E-state index contributed by atoms with van der Waals surface area (Å²) in [4.78, 5) is 36.0. The van der Waals surface area contributed by atoms with E-state index in [4.69, 9.17) is 16.3 Å². The van der Waals surface area contributed by atoms with Gasteiger partial charge in [-0.3, -0.25) is 9.69 Å². The molecule has 1 unspecified atom stereocenters. The number of halogens is 6. The number of rotatable bonds is 3. The molecule has 0 spiro atoms. The lowest BCUT2D eigenvalue weighted by atomic mass is 9.85. The molecule has 2 amide bonds. The Kier molecular flexibility index (Phi) is 7.66. The predicted octanol–water partition coefficient (Wildman–Crippen LogP) is 6.26. The van der Waals surface area contributed by atoms with Gasteiger partial charge in [0.05, 0.1) is 16.6 Å². The van der Waals surface area contributed by atoms with Crippen LogP contribution in [0.1, 0.15) is 35.4 Å². The molecule has 0 bridgehead atoms. The first-order valence-corrected chi connectivity index (χ1v) is 14.1. The number of nitrogens with zero attached hydrogens (tertiary/aromatic N) is 4. The summed E-state index contributed by atoms with van der Waals surface area (Å²) in [6, 6.07) is 9.72. The third-order valence-electron chi connectivity index (χ3n) is 8.42. The highest BCUT2D eigenvalue weighted by atomic mass is 35.5. The van der Waals surface area contributed by atoms with E-state index in [1.54, 1.807) is 11.0 Å². The first-order chi connectivity index (χ1) is 20.5. The van der Waals surface area contributed by atoms with Crippen molar-refractivity contribution in [1.29, 1.82) is 0 Å². The molecule has 13 heteroatoms. The molecule has 2 aromatic carbocycles. The van der Waals surface area contributed by atoms with E-state index in [9.17, 15) is 31.5 Å². The fourth-order valence-electron chi connectivity index (χ4n) is 6.19. The summed E-state index contributed by atoms with van der Waals surface area (Å²) < 4.78 is 72.0. The molecule has 0 N–H and O–H groups in total. The molecule has 226 valence electrons. The number of benzene rings is 2. The van der Waals surface area contributed by atoms with Gasteiger partial charge in [-0.2, -0.15) is 13.2 Å². The lowest BCUT2D eigenvalue weighted by molar-refractivity contribution is -0.138. The Morgan fingerprint density at radius 3 is 2.35 bits per heavy atom. The number of carbonyl (C=O) groups excluding carboxylic acids is 2. The second kappa shape index (κ2) is 11.3. The average Bonchev–Trinajstić information content (AvgIpc) is 3.44. The number of hydrogen-bond donors (Lipinski definition) is 0. The minimum atomic E-state index is -4.47. The number of aromatic nitrogens is 1. The van der Waals surface area contributed by atoms with Crippen LogP contribution in [0, 0.1) is 17.6 Å². The molecular formula is C30H26ClF5N4O3.